The van der Waals surface area contributed by atoms with Crippen molar-refractivity contribution >= 4 is 11.8 Å². The van der Waals surface area contributed by atoms with Crippen LogP contribution in [0.15, 0.2) is 29.5 Å². The standard InChI is InChI=1S/C9H13N3O.C2H6/c1-7(2)8(13-4)11-9-10-5-6-12(9)3;1-2/h5-6H,1H2,2-4H3;1-2H3/b11-8+;. The van der Waals surface area contributed by atoms with Crippen molar-refractivity contribution in [1.82, 2.24) is 9.55 Å². The normalized spacial score (nSPS) is 10.3. The Morgan fingerprint density at radius 3 is 2.47 bits per heavy atom. The Bertz CT molecular complexity index is 339. The van der Waals surface area contributed by atoms with Gasteiger partial charge in [0.15, 0.2) is 0 Å². The lowest BCUT2D eigenvalue weighted by Crippen LogP contribution is -2.02. The van der Waals surface area contributed by atoms with Crippen molar-refractivity contribution < 1.29 is 4.74 Å². The zero-order valence-corrected chi connectivity index (χ0v) is 10.1. The van der Waals surface area contributed by atoms with Crippen LogP contribution in [0.5, 0.6) is 0 Å². The highest BCUT2D eigenvalue weighted by atomic mass is 16.5. The van der Waals surface area contributed by atoms with E-state index in [1.54, 1.807) is 13.3 Å². The largest absolute Gasteiger partial charge is 0.481 e. The summed E-state index contributed by atoms with van der Waals surface area (Å²) >= 11 is 0. The first-order chi connectivity index (χ1) is 7.15. The van der Waals surface area contributed by atoms with Crippen molar-refractivity contribution in [3.63, 3.8) is 0 Å². The van der Waals surface area contributed by atoms with Crippen LogP contribution in [0.4, 0.5) is 5.95 Å². The average molecular weight is 209 g/mol. The van der Waals surface area contributed by atoms with E-state index in [9.17, 15) is 0 Å². The summed E-state index contributed by atoms with van der Waals surface area (Å²) in [4.78, 5) is 8.22. The summed E-state index contributed by atoms with van der Waals surface area (Å²) in [6.07, 6.45) is 3.51. The SMILES string of the molecule is C=C(C)/C(=N\c1nccn1C)OC.CC. The molecule has 1 heterocycles. The van der Waals surface area contributed by atoms with E-state index in [1.807, 2.05) is 38.6 Å². The molecule has 0 bridgehead atoms. The number of ether oxygens (including phenoxy) is 1. The van der Waals surface area contributed by atoms with E-state index in [2.05, 4.69) is 16.6 Å². The molecule has 4 nitrogen and oxygen atoms in total. The van der Waals surface area contributed by atoms with Gasteiger partial charge in [-0.3, -0.25) is 0 Å². The molecule has 0 spiro atoms. The molecule has 0 aliphatic rings. The maximum Gasteiger partial charge on any atom is 0.232 e. The van der Waals surface area contributed by atoms with Crippen LogP contribution in [-0.2, 0) is 11.8 Å². The fourth-order valence-corrected chi connectivity index (χ4v) is 0.872. The van der Waals surface area contributed by atoms with Crippen LogP contribution in [-0.4, -0.2) is 22.6 Å². The van der Waals surface area contributed by atoms with Crippen LogP contribution in [0, 0.1) is 0 Å². The van der Waals surface area contributed by atoms with Crippen LogP contribution < -0.4 is 0 Å². The molecule has 0 saturated heterocycles. The lowest BCUT2D eigenvalue weighted by molar-refractivity contribution is 0.403. The van der Waals surface area contributed by atoms with Crippen molar-refractivity contribution in [3.05, 3.63) is 24.5 Å². The third-order valence-corrected chi connectivity index (χ3v) is 1.56. The highest BCUT2D eigenvalue weighted by molar-refractivity contribution is 5.93. The van der Waals surface area contributed by atoms with Crippen LogP contribution in [0.2, 0.25) is 0 Å². The summed E-state index contributed by atoms with van der Waals surface area (Å²) in [5.74, 6) is 1.12. The third-order valence-electron chi connectivity index (χ3n) is 1.56. The molecule has 1 aromatic rings. The van der Waals surface area contributed by atoms with Gasteiger partial charge in [0, 0.05) is 25.0 Å². The van der Waals surface area contributed by atoms with E-state index in [0.29, 0.717) is 11.8 Å². The van der Waals surface area contributed by atoms with E-state index in [1.165, 1.54) is 0 Å². The Kier molecular flexibility index (Phi) is 6.09. The molecule has 1 aromatic heterocycles. The van der Waals surface area contributed by atoms with E-state index in [-0.39, 0.29) is 0 Å². The Morgan fingerprint density at radius 1 is 1.53 bits per heavy atom. The molecule has 84 valence electrons. The summed E-state index contributed by atoms with van der Waals surface area (Å²) in [6.45, 7) is 9.58. The molecule has 0 fully saturated rings. The number of nitrogens with zero attached hydrogens (tertiary/aromatic N) is 3. The maximum absolute atomic E-state index is 5.04. The minimum absolute atomic E-state index is 0.509. The van der Waals surface area contributed by atoms with E-state index in [0.717, 1.165) is 5.57 Å². The van der Waals surface area contributed by atoms with Crippen LogP contribution in [0.1, 0.15) is 20.8 Å². The molecule has 15 heavy (non-hydrogen) atoms. The van der Waals surface area contributed by atoms with Crippen molar-refractivity contribution in [3.8, 4) is 0 Å². The molecule has 0 aromatic carbocycles. The van der Waals surface area contributed by atoms with Gasteiger partial charge >= 0.3 is 0 Å². The van der Waals surface area contributed by atoms with Gasteiger partial charge in [-0.05, 0) is 6.92 Å². The van der Waals surface area contributed by atoms with Gasteiger partial charge in [-0.1, -0.05) is 20.4 Å². The number of methoxy groups -OCH3 is 1. The Labute approximate surface area is 91.3 Å². The van der Waals surface area contributed by atoms with E-state index >= 15 is 0 Å². The van der Waals surface area contributed by atoms with E-state index in [4.69, 9.17) is 4.74 Å². The van der Waals surface area contributed by atoms with E-state index < -0.39 is 0 Å². The first-order valence-corrected chi connectivity index (χ1v) is 4.91. The van der Waals surface area contributed by atoms with Crippen molar-refractivity contribution in [1.29, 1.82) is 0 Å². The fourth-order valence-electron chi connectivity index (χ4n) is 0.872. The molecule has 0 aliphatic carbocycles. The molecule has 4 heteroatoms. The molecule has 0 radical (unpaired) electrons. The Hall–Kier alpha value is -1.58. The average Bonchev–Trinajstić information content (AvgIpc) is 2.63. The predicted molar refractivity (Wildman–Crippen MR) is 63.5 cm³/mol. The number of aryl methyl sites for hydroxylation is 1. The quantitative estimate of drug-likeness (QED) is 0.555. The summed E-state index contributed by atoms with van der Waals surface area (Å²) in [5.41, 5.74) is 0.783. The van der Waals surface area contributed by atoms with Gasteiger partial charge in [-0.25, -0.2) is 4.98 Å². The minimum Gasteiger partial charge on any atom is -0.481 e. The number of hydrogen-bond donors (Lipinski definition) is 0. The van der Waals surface area contributed by atoms with Crippen molar-refractivity contribution in [2.24, 2.45) is 12.0 Å². The molecule has 0 amide bonds. The molecule has 0 saturated carbocycles. The van der Waals surface area contributed by atoms with Crippen LogP contribution in [0.3, 0.4) is 0 Å². The van der Waals surface area contributed by atoms with Crippen LogP contribution in [0.25, 0.3) is 0 Å². The summed E-state index contributed by atoms with van der Waals surface area (Å²) < 4.78 is 6.84. The van der Waals surface area contributed by atoms with Gasteiger partial charge < -0.3 is 9.30 Å². The zero-order valence-electron chi connectivity index (χ0n) is 10.1. The van der Waals surface area contributed by atoms with Gasteiger partial charge in [0.2, 0.25) is 11.8 Å². The minimum atomic E-state index is 0.509. The van der Waals surface area contributed by atoms with Gasteiger partial charge in [0.25, 0.3) is 0 Å². The Morgan fingerprint density at radius 2 is 2.13 bits per heavy atom. The maximum atomic E-state index is 5.04. The summed E-state index contributed by atoms with van der Waals surface area (Å²) in [6, 6.07) is 0. The highest BCUT2D eigenvalue weighted by Gasteiger charge is 2.02. The molecule has 0 aliphatic heterocycles. The monoisotopic (exact) mass is 209 g/mol. The molecular formula is C11H19N3O. The zero-order chi connectivity index (χ0) is 11.8. The van der Waals surface area contributed by atoms with Crippen molar-refractivity contribution in [2.75, 3.05) is 7.11 Å². The molecule has 0 N–H and O–H groups in total. The number of aliphatic imine (C=N–C) groups is 1. The molecule has 1 rings (SSSR count). The second-order valence-corrected chi connectivity index (χ2v) is 2.74. The van der Waals surface area contributed by atoms with Gasteiger partial charge in [-0.15, -0.1) is 0 Å². The Balaban J connectivity index is 0.000000921. The second-order valence-electron chi connectivity index (χ2n) is 2.74. The molecule has 0 unspecified atom stereocenters. The predicted octanol–water partition coefficient (Wildman–Crippen LogP) is 2.70. The first kappa shape index (κ1) is 13.4. The van der Waals surface area contributed by atoms with Gasteiger partial charge in [-0.2, -0.15) is 4.99 Å². The number of aromatic nitrogens is 2. The first-order valence-electron chi connectivity index (χ1n) is 4.91. The lowest BCUT2D eigenvalue weighted by Gasteiger charge is -2.02. The molecular weight excluding hydrogens is 190 g/mol. The highest BCUT2D eigenvalue weighted by Crippen LogP contribution is 2.08. The fraction of sp³-hybridized carbons (Fsp3) is 0.455. The number of rotatable bonds is 2. The smallest absolute Gasteiger partial charge is 0.232 e. The number of imidazole rings is 1. The summed E-state index contributed by atoms with van der Waals surface area (Å²) in [5, 5.41) is 0. The van der Waals surface area contributed by atoms with Crippen molar-refractivity contribution in [2.45, 2.75) is 20.8 Å². The lowest BCUT2D eigenvalue weighted by atomic mass is 10.3. The molecule has 0 atom stereocenters. The van der Waals surface area contributed by atoms with Crippen LogP contribution >= 0.6 is 0 Å². The second kappa shape index (κ2) is 6.81. The van der Waals surface area contributed by atoms with Gasteiger partial charge in [0.1, 0.15) is 0 Å². The third kappa shape index (κ3) is 3.97. The number of hydrogen-bond acceptors (Lipinski definition) is 3. The summed E-state index contributed by atoms with van der Waals surface area (Å²) in [7, 11) is 3.44. The van der Waals surface area contributed by atoms with Gasteiger partial charge in [0.05, 0.1) is 7.11 Å². The topological polar surface area (TPSA) is 39.4 Å².